The Labute approximate surface area is 172 Å². The van der Waals surface area contributed by atoms with Crippen LogP contribution in [-0.4, -0.2) is 54.0 Å². The average molecular weight is 488 g/mol. The highest BCUT2D eigenvalue weighted by atomic mass is 127. The predicted molar refractivity (Wildman–Crippen MR) is 112 cm³/mol. The Morgan fingerprint density at radius 1 is 1.23 bits per heavy atom. The zero-order chi connectivity index (χ0) is 19.6. The molecule has 1 atom stereocenters. The molecule has 1 aliphatic rings. The van der Waals surface area contributed by atoms with Crippen LogP contribution in [0.2, 0.25) is 0 Å². The van der Waals surface area contributed by atoms with E-state index in [-0.39, 0.29) is 16.8 Å². The van der Waals surface area contributed by atoms with Crippen LogP contribution in [0, 0.1) is 3.57 Å². The van der Waals surface area contributed by atoms with Gasteiger partial charge in [0, 0.05) is 14.1 Å². The molecule has 140 valence electrons. The molecule has 0 unspecified atom stereocenters. The third-order valence-corrected chi connectivity index (χ3v) is 5.45. The van der Waals surface area contributed by atoms with Gasteiger partial charge in [0.05, 0.1) is 16.8 Å². The number of methoxy groups -OCH3 is 1. The normalized spacial score (nSPS) is 16.1. The van der Waals surface area contributed by atoms with E-state index < -0.39 is 11.8 Å². The molecule has 0 radical (unpaired) electrons. The van der Waals surface area contributed by atoms with Crippen LogP contribution in [0.1, 0.15) is 25.8 Å². The molecule has 2 rings (SSSR count). The lowest BCUT2D eigenvalue weighted by Crippen LogP contribution is -2.52. The quantitative estimate of drug-likeness (QED) is 0.276. The smallest absolute Gasteiger partial charge is 0.265 e. The van der Waals surface area contributed by atoms with Gasteiger partial charge in [0.15, 0.2) is 16.6 Å². The van der Waals surface area contributed by atoms with Gasteiger partial charge in [-0.3, -0.25) is 19.4 Å². The number of likely N-dealkylation sites (N-methyl/N-ethyl adjacent to an activating group) is 2. The molecule has 2 amide bonds. The topological polar surface area (TPSA) is 59.1 Å². The first-order valence-corrected chi connectivity index (χ1v) is 9.55. The van der Waals surface area contributed by atoms with E-state index >= 15 is 0 Å². The highest BCUT2D eigenvalue weighted by molar-refractivity contribution is 14.1. The summed E-state index contributed by atoms with van der Waals surface area (Å²) in [6.07, 6.45) is 2.47. The van der Waals surface area contributed by atoms with E-state index in [1.54, 1.807) is 33.3 Å². The zero-order valence-electron chi connectivity index (χ0n) is 15.3. The summed E-state index contributed by atoms with van der Waals surface area (Å²) in [5.41, 5.74) is 0.728. The third kappa shape index (κ3) is 4.01. The van der Waals surface area contributed by atoms with E-state index in [1.165, 1.54) is 9.80 Å². The number of hydrogen-bond acceptors (Lipinski definition) is 5. The highest BCUT2D eigenvalue weighted by Gasteiger charge is 2.35. The lowest BCUT2D eigenvalue weighted by Gasteiger charge is -2.31. The Bertz CT molecular complexity index is 768. The lowest BCUT2D eigenvalue weighted by molar-refractivity contribution is -0.132. The van der Waals surface area contributed by atoms with Gasteiger partial charge < -0.3 is 9.47 Å². The van der Waals surface area contributed by atoms with Crippen LogP contribution in [0.25, 0.3) is 6.08 Å². The maximum absolute atomic E-state index is 12.5. The molecule has 8 heteroatoms. The predicted octanol–water partition coefficient (Wildman–Crippen LogP) is 3.08. The number of hydrogen-bond donors (Lipinski definition) is 0. The van der Waals surface area contributed by atoms with Gasteiger partial charge in [0.25, 0.3) is 11.8 Å². The van der Waals surface area contributed by atoms with Crippen molar-refractivity contribution in [1.29, 1.82) is 0 Å². The molecule has 1 aromatic carbocycles. The summed E-state index contributed by atoms with van der Waals surface area (Å²) in [4.78, 5) is 27.5. The maximum Gasteiger partial charge on any atom is 0.265 e. The van der Waals surface area contributed by atoms with Crippen LogP contribution in [-0.2, 0) is 9.59 Å². The summed E-state index contributed by atoms with van der Waals surface area (Å²) < 4.78 is 12.2. The average Bonchev–Trinajstić information content (AvgIpc) is 2.63. The molecule has 0 saturated carbocycles. The summed E-state index contributed by atoms with van der Waals surface area (Å²) in [5.74, 6) is 0.359. The van der Waals surface area contributed by atoms with Crippen molar-refractivity contribution < 1.29 is 19.1 Å². The van der Waals surface area contributed by atoms with Crippen LogP contribution in [0.5, 0.6) is 11.5 Å². The minimum Gasteiger partial charge on any atom is -0.493 e. The monoisotopic (exact) mass is 488 g/mol. The van der Waals surface area contributed by atoms with Gasteiger partial charge in [-0.25, -0.2) is 0 Å². The number of benzene rings is 1. The summed E-state index contributed by atoms with van der Waals surface area (Å²) in [7, 11) is 4.66. The molecular weight excluding hydrogens is 467 g/mol. The largest absolute Gasteiger partial charge is 0.493 e. The first-order chi connectivity index (χ1) is 12.2. The minimum absolute atomic E-state index is 0.0476. The molecule has 1 aromatic rings. The fourth-order valence-corrected chi connectivity index (χ4v) is 3.28. The Kier molecular flexibility index (Phi) is 6.62. The number of amides is 2. The number of rotatable bonds is 5. The first kappa shape index (κ1) is 20.6. The number of thiocarbonyl (C=S) groups is 1. The van der Waals surface area contributed by atoms with Gasteiger partial charge in [0.2, 0.25) is 0 Å². The highest BCUT2D eigenvalue weighted by Crippen LogP contribution is 2.36. The van der Waals surface area contributed by atoms with Gasteiger partial charge in [-0.1, -0.05) is 6.92 Å². The second-order valence-electron chi connectivity index (χ2n) is 5.94. The number of carbonyl (C=O) groups is 2. The Hall–Kier alpha value is -1.68. The first-order valence-electron chi connectivity index (χ1n) is 8.07. The minimum atomic E-state index is -0.424. The lowest BCUT2D eigenvalue weighted by atomic mass is 10.1. The van der Waals surface area contributed by atoms with Crippen LogP contribution < -0.4 is 9.47 Å². The molecule has 1 fully saturated rings. The molecule has 0 bridgehead atoms. The van der Waals surface area contributed by atoms with Gasteiger partial charge in [-0.2, -0.15) is 0 Å². The third-order valence-electron chi connectivity index (χ3n) is 4.10. The molecular formula is C18H21IN2O4S. The molecule has 0 aromatic heterocycles. The van der Waals surface area contributed by atoms with Crippen molar-refractivity contribution in [2.24, 2.45) is 0 Å². The Morgan fingerprint density at radius 2 is 1.81 bits per heavy atom. The molecule has 0 N–H and O–H groups in total. The van der Waals surface area contributed by atoms with E-state index in [2.05, 4.69) is 22.6 Å². The van der Waals surface area contributed by atoms with E-state index in [0.29, 0.717) is 17.1 Å². The number of carbonyl (C=O) groups excluding carboxylic acids is 2. The van der Waals surface area contributed by atoms with Crippen LogP contribution in [0.3, 0.4) is 0 Å². The van der Waals surface area contributed by atoms with Crippen molar-refractivity contribution in [3.05, 3.63) is 26.8 Å². The van der Waals surface area contributed by atoms with E-state index in [9.17, 15) is 9.59 Å². The number of halogens is 1. The van der Waals surface area contributed by atoms with Crippen LogP contribution in [0.4, 0.5) is 0 Å². The Balaban J connectivity index is 2.47. The molecule has 0 aliphatic carbocycles. The van der Waals surface area contributed by atoms with E-state index in [0.717, 1.165) is 9.99 Å². The number of nitrogens with zero attached hydrogens (tertiary/aromatic N) is 2. The second-order valence-corrected chi connectivity index (χ2v) is 7.47. The summed E-state index contributed by atoms with van der Waals surface area (Å²) in [5, 5.41) is 0.182. The molecule has 26 heavy (non-hydrogen) atoms. The SMILES string of the molecule is CC[C@H](C)Oc1c(I)cc(C=C2C(=O)N(C)C(=S)N(C)C2=O)cc1OC. The van der Waals surface area contributed by atoms with Gasteiger partial charge in [-0.05, 0) is 71.9 Å². The van der Waals surface area contributed by atoms with Crippen LogP contribution in [0.15, 0.2) is 17.7 Å². The van der Waals surface area contributed by atoms with Crippen molar-refractivity contribution >= 4 is 57.8 Å². The summed E-state index contributed by atoms with van der Waals surface area (Å²) >= 11 is 7.25. The fourth-order valence-electron chi connectivity index (χ4n) is 2.36. The zero-order valence-corrected chi connectivity index (χ0v) is 18.3. The molecule has 1 aliphatic heterocycles. The van der Waals surface area contributed by atoms with Gasteiger partial charge in [-0.15, -0.1) is 0 Å². The van der Waals surface area contributed by atoms with Crippen molar-refractivity contribution in [3.8, 4) is 11.5 Å². The van der Waals surface area contributed by atoms with E-state index in [4.69, 9.17) is 21.7 Å². The van der Waals surface area contributed by atoms with Gasteiger partial charge >= 0.3 is 0 Å². The van der Waals surface area contributed by atoms with Gasteiger partial charge in [0.1, 0.15) is 5.57 Å². The van der Waals surface area contributed by atoms with E-state index in [1.807, 2.05) is 19.9 Å². The maximum atomic E-state index is 12.5. The van der Waals surface area contributed by atoms with Crippen molar-refractivity contribution in [2.45, 2.75) is 26.4 Å². The second kappa shape index (κ2) is 8.34. The Morgan fingerprint density at radius 3 is 2.31 bits per heavy atom. The summed E-state index contributed by atoms with van der Waals surface area (Å²) in [6, 6.07) is 3.60. The summed E-state index contributed by atoms with van der Waals surface area (Å²) in [6.45, 7) is 4.03. The van der Waals surface area contributed by atoms with Crippen LogP contribution >= 0.6 is 34.8 Å². The molecule has 1 saturated heterocycles. The van der Waals surface area contributed by atoms with Crippen molar-refractivity contribution in [2.75, 3.05) is 21.2 Å². The molecule has 1 heterocycles. The molecule has 0 spiro atoms. The van der Waals surface area contributed by atoms with Crippen molar-refractivity contribution in [3.63, 3.8) is 0 Å². The fraction of sp³-hybridized carbons (Fsp3) is 0.389. The standard InChI is InChI=1S/C18H21IN2O4S/c1-6-10(2)25-15-13(19)8-11(9-14(15)24-5)7-12-16(22)20(3)18(26)21(4)17(12)23/h7-10H,6H2,1-5H3/t10-/m0/s1. The van der Waals surface area contributed by atoms with Crippen molar-refractivity contribution in [1.82, 2.24) is 9.80 Å². The molecule has 6 nitrogen and oxygen atoms in total. The number of ether oxygens (including phenoxy) is 2.